The molecule has 142 valence electrons. The number of fused-ring (bicyclic) bond motifs is 2. The Bertz CT molecular complexity index is 1100. The second-order valence-electron chi connectivity index (χ2n) is 6.67. The van der Waals surface area contributed by atoms with Gasteiger partial charge in [-0.2, -0.15) is 5.10 Å². The van der Waals surface area contributed by atoms with E-state index in [0.717, 1.165) is 39.5 Å². The molecule has 5 rings (SSSR count). The number of nitrogens with one attached hydrogen (secondary N) is 1. The van der Waals surface area contributed by atoms with Gasteiger partial charge in [0.1, 0.15) is 6.61 Å². The average molecular weight is 376 g/mol. The van der Waals surface area contributed by atoms with Crippen LogP contribution in [0.1, 0.15) is 11.9 Å². The van der Waals surface area contributed by atoms with E-state index in [0.29, 0.717) is 19.8 Å². The number of rotatable bonds is 5. The Kier molecular flexibility index (Phi) is 4.21. The molecule has 7 nitrogen and oxygen atoms in total. The average Bonchev–Trinajstić information content (AvgIpc) is 3.39. The largest absolute Gasteiger partial charge is 0.485 e. The summed E-state index contributed by atoms with van der Waals surface area (Å²) in [6.07, 6.45) is 3.41. The van der Waals surface area contributed by atoms with E-state index in [1.54, 1.807) is 7.11 Å². The number of benzene rings is 2. The molecule has 0 fully saturated rings. The number of H-pyrrole nitrogens is 1. The fraction of sp³-hybridized carbons (Fsp3) is 0.238. The van der Waals surface area contributed by atoms with E-state index in [1.807, 2.05) is 42.7 Å². The highest BCUT2D eigenvalue weighted by Gasteiger charge is 2.27. The minimum Gasteiger partial charge on any atom is -0.485 e. The van der Waals surface area contributed by atoms with Crippen molar-refractivity contribution in [1.82, 2.24) is 19.7 Å². The number of ether oxygens (including phenoxy) is 3. The molecule has 2 aromatic carbocycles. The Labute approximate surface area is 161 Å². The number of aromatic nitrogens is 4. The predicted molar refractivity (Wildman–Crippen MR) is 104 cm³/mol. The molecule has 0 radical (unpaired) electrons. The van der Waals surface area contributed by atoms with Crippen LogP contribution in [-0.4, -0.2) is 40.1 Å². The number of imidazole rings is 1. The van der Waals surface area contributed by atoms with Crippen molar-refractivity contribution in [3.8, 4) is 22.6 Å². The minimum absolute atomic E-state index is 0.281. The van der Waals surface area contributed by atoms with Crippen LogP contribution in [0.15, 0.2) is 54.9 Å². The van der Waals surface area contributed by atoms with Crippen LogP contribution < -0.4 is 9.47 Å². The van der Waals surface area contributed by atoms with Gasteiger partial charge in [0.2, 0.25) is 0 Å². The van der Waals surface area contributed by atoms with Crippen LogP contribution in [0.2, 0.25) is 0 Å². The third-order valence-corrected chi connectivity index (χ3v) is 4.92. The Morgan fingerprint density at radius 3 is 2.89 bits per heavy atom. The molecule has 28 heavy (non-hydrogen) atoms. The summed E-state index contributed by atoms with van der Waals surface area (Å²) in [4.78, 5) is 4.86. The summed E-state index contributed by atoms with van der Waals surface area (Å²) in [6.45, 7) is 1.68. The Hall–Kier alpha value is -3.32. The molecule has 0 aliphatic carbocycles. The lowest BCUT2D eigenvalue weighted by Gasteiger charge is -2.26. The predicted octanol–water partition coefficient (Wildman–Crippen LogP) is 3.59. The van der Waals surface area contributed by atoms with Crippen LogP contribution in [0.4, 0.5) is 0 Å². The van der Waals surface area contributed by atoms with Crippen LogP contribution in [0.3, 0.4) is 0 Å². The number of aromatic amines is 1. The van der Waals surface area contributed by atoms with Gasteiger partial charge < -0.3 is 18.8 Å². The maximum Gasteiger partial charge on any atom is 0.190 e. The van der Waals surface area contributed by atoms with Crippen molar-refractivity contribution in [2.45, 2.75) is 12.6 Å². The van der Waals surface area contributed by atoms with Crippen molar-refractivity contribution in [1.29, 1.82) is 0 Å². The molecule has 1 N–H and O–H groups in total. The quantitative estimate of drug-likeness (QED) is 0.576. The summed E-state index contributed by atoms with van der Waals surface area (Å²) in [7, 11) is 1.70. The number of nitrogens with zero attached hydrogens (tertiary/aromatic N) is 3. The van der Waals surface area contributed by atoms with Crippen molar-refractivity contribution in [2.24, 2.45) is 0 Å². The van der Waals surface area contributed by atoms with E-state index in [2.05, 4.69) is 26.9 Å². The fourth-order valence-corrected chi connectivity index (χ4v) is 3.54. The molecule has 2 aromatic heterocycles. The smallest absolute Gasteiger partial charge is 0.190 e. The minimum atomic E-state index is -0.281. The summed E-state index contributed by atoms with van der Waals surface area (Å²) in [5, 5.41) is 6.91. The molecule has 1 aliphatic heterocycles. The van der Waals surface area contributed by atoms with Crippen LogP contribution in [0.25, 0.3) is 22.2 Å². The van der Waals surface area contributed by atoms with Crippen molar-refractivity contribution in [2.75, 3.05) is 20.3 Å². The highest BCUT2D eigenvalue weighted by atomic mass is 16.6. The van der Waals surface area contributed by atoms with Crippen molar-refractivity contribution >= 4 is 11.0 Å². The Morgan fingerprint density at radius 1 is 1.18 bits per heavy atom. The van der Waals surface area contributed by atoms with E-state index in [4.69, 9.17) is 19.2 Å². The van der Waals surface area contributed by atoms with Crippen molar-refractivity contribution in [3.63, 3.8) is 0 Å². The van der Waals surface area contributed by atoms with E-state index >= 15 is 0 Å². The first-order valence-corrected chi connectivity index (χ1v) is 9.20. The van der Waals surface area contributed by atoms with Crippen molar-refractivity contribution in [3.05, 3.63) is 60.7 Å². The van der Waals surface area contributed by atoms with E-state index < -0.39 is 0 Å². The maximum absolute atomic E-state index is 6.21. The van der Waals surface area contributed by atoms with Crippen LogP contribution in [-0.2, 0) is 11.3 Å². The molecule has 4 aromatic rings. The van der Waals surface area contributed by atoms with Gasteiger partial charge in [-0.3, -0.25) is 5.10 Å². The molecular weight excluding hydrogens is 356 g/mol. The number of hydrogen-bond acceptors (Lipinski definition) is 5. The number of para-hydroxylation sites is 2. The van der Waals surface area contributed by atoms with Gasteiger partial charge in [-0.15, -0.1) is 0 Å². The summed E-state index contributed by atoms with van der Waals surface area (Å²) in [6, 6.07) is 13.9. The molecular formula is C21H20N4O3. The topological polar surface area (TPSA) is 74.2 Å². The lowest BCUT2D eigenvalue weighted by Crippen LogP contribution is -2.25. The van der Waals surface area contributed by atoms with Crippen molar-refractivity contribution < 1.29 is 14.2 Å². The van der Waals surface area contributed by atoms with Gasteiger partial charge in [-0.1, -0.05) is 18.2 Å². The second-order valence-corrected chi connectivity index (χ2v) is 6.67. The molecule has 1 atom stereocenters. The van der Waals surface area contributed by atoms with Gasteiger partial charge in [0.15, 0.2) is 23.4 Å². The first-order chi connectivity index (χ1) is 13.8. The summed E-state index contributed by atoms with van der Waals surface area (Å²) >= 11 is 0. The van der Waals surface area contributed by atoms with E-state index in [-0.39, 0.29) is 6.10 Å². The van der Waals surface area contributed by atoms with E-state index in [9.17, 15) is 0 Å². The fourth-order valence-electron chi connectivity index (χ4n) is 3.54. The SMILES string of the molecule is COCCn1c(C2COc3ccccc3O2)nc2ccc(-c3cn[nH]c3)cc21. The summed E-state index contributed by atoms with van der Waals surface area (Å²) in [5.41, 5.74) is 4.07. The molecule has 0 spiro atoms. The third-order valence-electron chi connectivity index (χ3n) is 4.92. The molecule has 0 saturated heterocycles. The maximum atomic E-state index is 6.21. The molecule has 0 saturated carbocycles. The van der Waals surface area contributed by atoms with Gasteiger partial charge in [0.25, 0.3) is 0 Å². The highest BCUT2D eigenvalue weighted by Crippen LogP contribution is 2.36. The lowest BCUT2D eigenvalue weighted by atomic mass is 10.1. The van der Waals surface area contributed by atoms with Gasteiger partial charge >= 0.3 is 0 Å². The first kappa shape index (κ1) is 16.8. The zero-order valence-electron chi connectivity index (χ0n) is 15.5. The zero-order valence-corrected chi connectivity index (χ0v) is 15.5. The van der Waals surface area contributed by atoms with Crippen LogP contribution >= 0.6 is 0 Å². The Balaban J connectivity index is 1.58. The molecule has 7 heteroatoms. The van der Waals surface area contributed by atoms with Crippen LogP contribution in [0.5, 0.6) is 11.5 Å². The summed E-state index contributed by atoms with van der Waals surface area (Å²) < 4.78 is 19.6. The van der Waals surface area contributed by atoms with Gasteiger partial charge in [0.05, 0.1) is 23.8 Å². The molecule has 1 aliphatic rings. The molecule has 1 unspecified atom stereocenters. The standard InChI is InChI=1S/C21H20N4O3/c1-26-9-8-25-17-10-14(15-11-22-23-12-15)6-7-16(17)24-21(25)20-13-27-18-4-2-3-5-19(18)28-20/h2-7,10-12,20H,8-9,13H2,1H3,(H,22,23). The Morgan fingerprint density at radius 2 is 2.07 bits per heavy atom. The zero-order chi connectivity index (χ0) is 18.9. The molecule has 0 bridgehead atoms. The number of hydrogen-bond donors (Lipinski definition) is 1. The molecule has 3 heterocycles. The third kappa shape index (κ3) is 2.90. The van der Waals surface area contributed by atoms with E-state index in [1.165, 1.54) is 0 Å². The van der Waals surface area contributed by atoms with Gasteiger partial charge in [-0.05, 0) is 29.8 Å². The molecule has 0 amide bonds. The van der Waals surface area contributed by atoms with Crippen LogP contribution in [0, 0.1) is 0 Å². The van der Waals surface area contributed by atoms with Gasteiger partial charge in [0, 0.05) is 25.4 Å². The lowest BCUT2D eigenvalue weighted by molar-refractivity contribution is 0.0812. The second kappa shape index (κ2) is 7.01. The highest BCUT2D eigenvalue weighted by molar-refractivity contribution is 5.82. The van der Waals surface area contributed by atoms with Gasteiger partial charge in [-0.25, -0.2) is 4.98 Å². The normalized spacial score (nSPS) is 15.8. The first-order valence-electron chi connectivity index (χ1n) is 9.20. The summed E-state index contributed by atoms with van der Waals surface area (Å²) in [5.74, 6) is 2.34. The number of methoxy groups -OCH3 is 1. The monoisotopic (exact) mass is 376 g/mol.